The van der Waals surface area contributed by atoms with E-state index in [2.05, 4.69) is 19.9 Å². The molecule has 0 bridgehead atoms. The van der Waals surface area contributed by atoms with Gasteiger partial charge in [-0.2, -0.15) is 0 Å². The van der Waals surface area contributed by atoms with Gasteiger partial charge in [0.05, 0.1) is 17.7 Å². The molecule has 2 aromatic rings. The van der Waals surface area contributed by atoms with Crippen LogP contribution in [-0.4, -0.2) is 27.7 Å². The molecule has 76 valence electrons. The van der Waals surface area contributed by atoms with Gasteiger partial charge >= 0.3 is 0 Å². The second kappa shape index (κ2) is 5.05. The fourth-order valence-electron chi connectivity index (χ4n) is 1.22. The van der Waals surface area contributed by atoms with E-state index in [0.717, 1.165) is 24.4 Å². The average Bonchev–Trinajstić information content (AvgIpc) is 2.79. The van der Waals surface area contributed by atoms with Crippen LogP contribution in [-0.2, 0) is 6.42 Å². The van der Waals surface area contributed by atoms with Gasteiger partial charge in [0.15, 0.2) is 0 Å². The SMILES string of the molecule is C(=N\CCc1c[nH]cn1)/c1ccccn1. The van der Waals surface area contributed by atoms with Crippen LogP contribution in [0.3, 0.4) is 0 Å². The normalized spacial score (nSPS) is 10.9. The molecule has 2 aromatic heterocycles. The van der Waals surface area contributed by atoms with Crippen LogP contribution in [0.2, 0.25) is 0 Å². The van der Waals surface area contributed by atoms with Crippen molar-refractivity contribution in [1.82, 2.24) is 15.0 Å². The van der Waals surface area contributed by atoms with Gasteiger partial charge in [0.25, 0.3) is 0 Å². The van der Waals surface area contributed by atoms with Crippen molar-refractivity contribution in [3.8, 4) is 0 Å². The maximum Gasteiger partial charge on any atom is 0.0923 e. The molecule has 0 unspecified atom stereocenters. The van der Waals surface area contributed by atoms with E-state index in [1.807, 2.05) is 24.4 Å². The minimum absolute atomic E-state index is 0.738. The summed E-state index contributed by atoms with van der Waals surface area (Å²) in [6.07, 6.45) is 7.96. The molecule has 0 aliphatic carbocycles. The smallest absolute Gasteiger partial charge is 0.0923 e. The lowest BCUT2D eigenvalue weighted by Crippen LogP contribution is -1.91. The lowest BCUT2D eigenvalue weighted by Gasteiger charge is -1.91. The van der Waals surface area contributed by atoms with E-state index in [-0.39, 0.29) is 0 Å². The molecule has 1 N–H and O–H groups in total. The number of hydrogen-bond acceptors (Lipinski definition) is 3. The highest BCUT2D eigenvalue weighted by atomic mass is 14.9. The van der Waals surface area contributed by atoms with Crippen molar-refractivity contribution in [1.29, 1.82) is 0 Å². The number of aromatic amines is 1. The molecule has 0 radical (unpaired) electrons. The molecule has 0 aliphatic heterocycles. The predicted molar refractivity (Wildman–Crippen MR) is 59.0 cm³/mol. The minimum atomic E-state index is 0.738. The van der Waals surface area contributed by atoms with Gasteiger partial charge < -0.3 is 4.98 Å². The van der Waals surface area contributed by atoms with E-state index in [9.17, 15) is 0 Å². The first-order valence-corrected chi connectivity index (χ1v) is 4.83. The Balaban J connectivity index is 1.81. The standard InChI is InChI=1S/C11H12N4/c1-2-5-14-10(3-1)7-12-6-4-11-8-13-9-15-11/h1-3,5,7-9H,4,6H2,(H,13,15)/b12-7+. The topological polar surface area (TPSA) is 53.9 Å². The van der Waals surface area contributed by atoms with Gasteiger partial charge in [0.2, 0.25) is 0 Å². The Morgan fingerprint density at radius 1 is 1.33 bits per heavy atom. The van der Waals surface area contributed by atoms with Crippen molar-refractivity contribution in [3.63, 3.8) is 0 Å². The first kappa shape index (κ1) is 9.58. The molecular weight excluding hydrogens is 188 g/mol. The second-order valence-electron chi connectivity index (χ2n) is 3.10. The van der Waals surface area contributed by atoms with Gasteiger partial charge in [-0.1, -0.05) is 6.07 Å². The highest BCUT2D eigenvalue weighted by Gasteiger charge is 1.91. The lowest BCUT2D eigenvalue weighted by molar-refractivity contribution is 0.938. The highest BCUT2D eigenvalue weighted by molar-refractivity contribution is 5.76. The third kappa shape index (κ3) is 3.02. The summed E-state index contributed by atoms with van der Waals surface area (Å²) in [5.41, 5.74) is 1.92. The summed E-state index contributed by atoms with van der Waals surface area (Å²) >= 11 is 0. The van der Waals surface area contributed by atoms with E-state index >= 15 is 0 Å². The van der Waals surface area contributed by atoms with Gasteiger partial charge in [0.1, 0.15) is 0 Å². The zero-order valence-electron chi connectivity index (χ0n) is 8.30. The number of H-pyrrole nitrogens is 1. The quantitative estimate of drug-likeness (QED) is 0.760. The van der Waals surface area contributed by atoms with Crippen LogP contribution < -0.4 is 0 Å². The van der Waals surface area contributed by atoms with E-state index in [0.29, 0.717) is 0 Å². The van der Waals surface area contributed by atoms with E-state index in [1.165, 1.54) is 0 Å². The number of nitrogens with zero attached hydrogens (tertiary/aromatic N) is 3. The molecule has 0 amide bonds. The fraction of sp³-hybridized carbons (Fsp3) is 0.182. The maximum absolute atomic E-state index is 4.28. The third-order valence-corrected chi connectivity index (χ3v) is 1.96. The monoisotopic (exact) mass is 200 g/mol. The Bertz CT molecular complexity index is 405. The molecule has 4 heteroatoms. The Labute approximate surface area is 88.1 Å². The Kier molecular flexibility index (Phi) is 3.22. The Morgan fingerprint density at radius 3 is 3.07 bits per heavy atom. The number of aliphatic imine (C=N–C) groups is 1. The average molecular weight is 200 g/mol. The van der Waals surface area contributed by atoms with Crippen molar-refractivity contribution in [2.45, 2.75) is 6.42 Å². The van der Waals surface area contributed by atoms with Crippen molar-refractivity contribution >= 4 is 6.21 Å². The lowest BCUT2D eigenvalue weighted by atomic mass is 10.3. The van der Waals surface area contributed by atoms with Gasteiger partial charge in [-0.25, -0.2) is 4.98 Å². The number of imidazole rings is 1. The zero-order chi connectivity index (χ0) is 10.3. The number of hydrogen-bond donors (Lipinski definition) is 1. The predicted octanol–water partition coefficient (Wildman–Crippen LogP) is 1.47. The number of nitrogens with one attached hydrogen (secondary N) is 1. The summed E-state index contributed by atoms with van der Waals surface area (Å²) in [6, 6.07) is 5.77. The van der Waals surface area contributed by atoms with Crippen molar-refractivity contribution in [3.05, 3.63) is 48.3 Å². The van der Waals surface area contributed by atoms with Crippen LogP contribution in [0.15, 0.2) is 41.9 Å². The van der Waals surface area contributed by atoms with Gasteiger partial charge in [-0.15, -0.1) is 0 Å². The second-order valence-corrected chi connectivity index (χ2v) is 3.10. The van der Waals surface area contributed by atoms with Crippen LogP contribution in [0.4, 0.5) is 0 Å². The summed E-state index contributed by atoms with van der Waals surface area (Å²) in [4.78, 5) is 15.4. The van der Waals surface area contributed by atoms with Gasteiger partial charge in [-0.05, 0) is 12.1 Å². The van der Waals surface area contributed by atoms with Crippen molar-refractivity contribution in [2.75, 3.05) is 6.54 Å². The summed E-state index contributed by atoms with van der Waals surface area (Å²) in [6.45, 7) is 0.738. The number of aromatic nitrogens is 3. The van der Waals surface area contributed by atoms with Crippen molar-refractivity contribution < 1.29 is 0 Å². The molecular formula is C11H12N4. The maximum atomic E-state index is 4.28. The minimum Gasteiger partial charge on any atom is -0.351 e. The largest absolute Gasteiger partial charge is 0.351 e. The molecule has 15 heavy (non-hydrogen) atoms. The Morgan fingerprint density at radius 2 is 2.33 bits per heavy atom. The summed E-state index contributed by atoms with van der Waals surface area (Å²) in [7, 11) is 0. The fourth-order valence-corrected chi connectivity index (χ4v) is 1.22. The molecule has 0 fully saturated rings. The van der Waals surface area contributed by atoms with Gasteiger partial charge in [0, 0.05) is 31.6 Å². The molecule has 4 nitrogen and oxygen atoms in total. The van der Waals surface area contributed by atoms with Crippen LogP contribution >= 0.6 is 0 Å². The van der Waals surface area contributed by atoms with E-state index in [1.54, 1.807) is 18.7 Å². The third-order valence-electron chi connectivity index (χ3n) is 1.96. The summed E-state index contributed by atoms with van der Waals surface area (Å²) in [5, 5.41) is 0. The van der Waals surface area contributed by atoms with Crippen LogP contribution in [0.5, 0.6) is 0 Å². The summed E-state index contributed by atoms with van der Waals surface area (Å²) < 4.78 is 0. The molecule has 0 atom stereocenters. The highest BCUT2D eigenvalue weighted by Crippen LogP contribution is 1.93. The molecule has 0 saturated heterocycles. The molecule has 0 spiro atoms. The summed E-state index contributed by atoms with van der Waals surface area (Å²) in [5.74, 6) is 0. The van der Waals surface area contributed by atoms with Crippen LogP contribution in [0.1, 0.15) is 11.4 Å². The first-order valence-electron chi connectivity index (χ1n) is 4.83. The molecule has 0 aromatic carbocycles. The van der Waals surface area contributed by atoms with Gasteiger partial charge in [-0.3, -0.25) is 9.98 Å². The molecule has 2 rings (SSSR count). The molecule has 0 aliphatic rings. The number of pyridine rings is 1. The Hall–Kier alpha value is -1.97. The first-order chi connectivity index (χ1) is 7.45. The zero-order valence-corrected chi connectivity index (χ0v) is 8.30. The molecule has 0 saturated carbocycles. The van der Waals surface area contributed by atoms with E-state index in [4.69, 9.17) is 0 Å². The molecule has 2 heterocycles. The van der Waals surface area contributed by atoms with E-state index < -0.39 is 0 Å². The van der Waals surface area contributed by atoms with Crippen molar-refractivity contribution in [2.24, 2.45) is 4.99 Å². The number of rotatable bonds is 4. The van der Waals surface area contributed by atoms with Crippen LogP contribution in [0, 0.1) is 0 Å². The van der Waals surface area contributed by atoms with Crippen LogP contribution in [0.25, 0.3) is 0 Å².